The fourth-order valence-electron chi connectivity index (χ4n) is 5.03. The van der Waals surface area contributed by atoms with Gasteiger partial charge in [-0.1, -0.05) is 109 Å². The minimum Gasteiger partial charge on any atom is -0.0623 e. The predicted molar refractivity (Wildman–Crippen MR) is 134 cm³/mol. The van der Waals surface area contributed by atoms with E-state index in [4.69, 9.17) is 0 Å². The van der Waals surface area contributed by atoms with E-state index >= 15 is 0 Å². The number of fused-ring (bicyclic) bond motifs is 2. The molecule has 1 heteroatoms. The lowest BCUT2D eigenvalue weighted by Crippen LogP contribution is -2.59. The summed E-state index contributed by atoms with van der Waals surface area (Å²) in [5, 5.41) is 4.84. The zero-order valence-electron chi connectivity index (χ0n) is 19.6. The van der Waals surface area contributed by atoms with Crippen LogP contribution in [0.15, 0.2) is 60.7 Å². The van der Waals surface area contributed by atoms with Crippen LogP contribution in [0.4, 0.5) is 0 Å². The van der Waals surface area contributed by atoms with Gasteiger partial charge in [0.15, 0.2) is 8.80 Å². The van der Waals surface area contributed by atoms with E-state index in [9.17, 15) is 0 Å². The van der Waals surface area contributed by atoms with Gasteiger partial charge in [-0.3, -0.25) is 0 Å². The van der Waals surface area contributed by atoms with E-state index in [1.54, 1.807) is 26.7 Å². The Morgan fingerprint density at radius 2 is 1.07 bits per heavy atom. The van der Waals surface area contributed by atoms with Crippen molar-refractivity contribution in [2.24, 2.45) is 0 Å². The second-order valence-electron chi connectivity index (χ2n) is 9.81. The molecule has 1 radical (unpaired) electrons. The van der Waals surface area contributed by atoms with E-state index < -0.39 is 8.80 Å². The second kappa shape index (κ2) is 8.19. The van der Waals surface area contributed by atoms with Gasteiger partial charge in [-0.05, 0) is 61.1 Å². The SMILES string of the molecule is CC(C)c1cc(C(C)C)c([Si]2c3ccccc3C(C)c3ccccc32)c(C(C)C)c1. The van der Waals surface area contributed by atoms with Gasteiger partial charge in [0, 0.05) is 5.92 Å². The summed E-state index contributed by atoms with van der Waals surface area (Å²) in [6.07, 6.45) is 0. The summed E-state index contributed by atoms with van der Waals surface area (Å²) in [6.45, 7) is 16.5. The van der Waals surface area contributed by atoms with E-state index in [1.165, 1.54) is 16.7 Å². The van der Waals surface area contributed by atoms with Gasteiger partial charge in [0.1, 0.15) is 0 Å². The van der Waals surface area contributed by atoms with Crippen molar-refractivity contribution >= 4 is 24.4 Å². The normalized spacial score (nSPS) is 14.5. The van der Waals surface area contributed by atoms with Crippen LogP contribution in [0.2, 0.25) is 0 Å². The monoisotopic (exact) mass is 411 g/mol. The average molecular weight is 412 g/mol. The van der Waals surface area contributed by atoms with Crippen LogP contribution in [-0.4, -0.2) is 8.80 Å². The standard InChI is InChI=1S/C29H35Si/c1-18(2)22-16-25(19(3)4)29(26(17-22)20(5)6)30-27-14-10-8-12-23(27)21(7)24-13-9-11-15-28(24)30/h8-21H,1-7H3. The molecule has 1 aliphatic heterocycles. The number of benzene rings is 3. The minimum atomic E-state index is -1.06. The first-order valence-corrected chi connectivity index (χ1v) is 13.0. The first kappa shape index (κ1) is 21.1. The number of hydrogen-bond donors (Lipinski definition) is 0. The number of rotatable bonds is 4. The van der Waals surface area contributed by atoms with Gasteiger partial charge in [0.2, 0.25) is 0 Å². The molecule has 0 saturated heterocycles. The molecule has 0 unspecified atom stereocenters. The van der Waals surface area contributed by atoms with Gasteiger partial charge in [-0.15, -0.1) is 0 Å². The first-order chi connectivity index (χ1) is 14.3. The fraction of sp³-hybridized carbons (Fsp3) is 0.379. The molecule has 3 aromatic carbocycles. The Balaban J connectivity index is 2.09. The molecule has 0 amide bonds. The molecule has 1 heterocycles. The molecule has 0 aromatic heterocycles. The Morgan fingerprint density at radius 1 is 0.633 bits per heavy atom. The van der Waals surface area contributed by atoms with Crippen molar-refractivity contribution in [1.82, 2.24) is 0 Å². The van der Waals surface area contributed by atoms with Crippen LogP contribution in [0.25, 0.3) is 0 Å². The summed E-state index contributed by atoms with van der Waals surface area (Å²) < 4.78 is 0. The molecular weight excluding hydrogens is 376 g/mol. The van der Waals surface area contributed by atoms with E-state index in [2.05, 4.69) is 109 Å². The first-order valence-electron chi connectivity index (χ1n) is 11.5. The molecule has 0 atom stereocenters. The number of hydrogen-bond acceptors (Lipinski definition) is 0. The lowest BCUT2D eigenvalue weighted by Gasteiger charge is -2.35. The van der Waals surface area contributed by atoms with Gasteiger partial charge >= 0.3 is 0 Å². The van der Waals surface area contributed by atoms with Crippen LogP contribution < -0.4 is 15.6 Å². The Bertz CT molecular complexity index is 981. The van der Waals surface area contributed by atoms with Crippen LogP contribution in [0.1, 0.15) is 100.0 Å². The van der Waals surface area contributed by atoms with E-state index in [-0.39, 0.29) is 0 Å². The summed E-state index contributed by atoms with van der Waals surface area (Å²) >= 11 is 0. The van der Waals surface area contributed by atoms with Gasteiger partial charge < -0.3 is 0 Å². The Hall–Kier alpha value is -2.12. The van der Waals surface area contributed by atoms with Gasteiger partial charge in [-0.25, -0.2) is 0 Å². The van der Waals surface area contributed by atoms with E-state index in [0.717, 1.165) is 0 Å². The van der Waals surface area contributed by atoms with E-state index in [1.807, 2.05) is 0 Å². The Morgan fingerprint density at radius 3 is 1.47 bits per heavy atom. The Labute approximate surface area is 185 Å². The van der Waals surface area contributed by atoms with Crippen LogP contribution in [-0.2, 0) is 0 Å². The van der Waals surface area contributed by atoms with Gasteiger partial charge in [0.05, 0.1) is 0 Å². The van der Waals surface area contributed by atoms with E-state index in [0.29, 0.717) is 23.7 Å². The van der Waals surface area contributed by atoms with Crippen LogP contribution in [0, 0.1) is 0 Å². The zero-order valence-corrected chi connectivity index (χ0v) is 20.6. The third-order valence-electron chi connectivity index (χ3n) is 6.78. The smallest absolute Gasteiger partial charge is 0.0623 e. The highest BCUT2D eigenvalue weighted by Crippen LogP contribution is 2.30. The lowest BCUT2D eigenvalue weighted by molar-refractivity contribution is 0.812. The largest absolute Gasteiger partial charge is 0.156 e. The van der Waals surface area contributed by atoms with Gasteiger partial charge in [-0.2, -0.15) is 0 Å². The maximum atomic E-state index is 2.53. The van der Waals surface area contributed by atoms with Crippen LogP contribution >= 0.6 is 0 Å². The average Bonchev–Trinajstić information content (AvgIpc) is 2.73. The molecule has 3 aromatic rings. The summed E-state index contributed by atoms with van der Waals surface area (Å²) in [5.74, 6) is 2.06. The molecule has 0 saturated carbocycles. The topological polar surface area (TPSA) is 0 Å². The Kier molecular flexibility index (Phi) is 5.77. The molecule has 0 N–H and O–H groups in total. The van der Waals surface area contributed by atoms with Crippen molar-refractivity contribution in [3.63, 3.8) is 0 Å². The molecule has 1 aliphatic rings. The van der Waals surface area contributed by atoms with Crippen molar-refractivity contribution in [3.05, 3.63) is 88.5 Å². The summed E-state index contributed by atoms with van der Waals surface area (Å²) in [7, 11) is -1.06. The predicted octanol–water partition coefficient (Wildman–Crippen LogP) is 6.04. The lowest BCUT2D eigenvalue weighted by atomic mass is 9.89. The van der Waals surface area contributed by atoms with Crippen LogP contribution in [0.5, 0.6) is 0 Å². The second-order valence-corrected chi connectivity index (χ2v) is 12.1. The van der Waals surface area contributed by atoms with Crippen LogP contribution in [0.3, 0.4) is 0 Å². The maximum Gasteiger partial charge on any atom is 0.156 e. The highest BCUT2D eigenvalue weighted by Gasteiger charge is 2.35. The zero-order chi connectivity index (χ0) is 21.6. The molecule has 0 fully saturated rings. The van der Waals surface area contributed by atoms with Crippen molar-refractivity contribution in [2.75, 3.05) is 0 Å². The quantitative estimate of drug-likeness (QED) is 0.459. The molecular formula is C29H35Si. The molecule has 0 spiro atoms. The summed E-state index contributed by atoms with van der Waals surface area (Å²) in [6, 6.07) is 23.6. The maximum absolute atomic E-state index is 2.53. The molecule has 155 valence electrons. The minimum absolute atomic E-state index is 0.464. The highest BCUT2D eigenvalue weighted by atomic mass is 28.3. The van der Waals surface area contributed by atoms with Crippen molar-refractivity contribution < 1.29 is 0 Å². The fourth-order valence-corrected chi connectivity index (χ4v) is 8.86. The molecule has 0 aliphatic carbocycles. The van der Waals surface area contributed by atoms with Crippen molar-refractivity contribution in [3.8, 4) is 0 Å². The molecule has 0 nitrogen and oxygen atoms in total. The van der Waals surface area contributed by atoms with Gasteiger partial charge in [0.25, 0.3) is 0 Å². The summed E-state index contributed by atoms with van der Waals surface area (Å²) in [4.78, 5) is 0. The third-order valence-corrected chi connectivity index (χ3v) is 9.84. The molecule has 30 heavy (non-hydrogen) atoms. The highest BCUT2D eigenvalue weighted by molar-refractivity contribution is 6.97. The van der Waals surface area contributed by atoms with Crippen molar-refractivity contribution in [2.45, 2.75) is 72.1 Å². The van der Waals surface area contributed by atoms with Crippen molar-refractivity contribution in [1.29, 1.82) is 0 Å². The molecule has 4 rings (SSSR count). The summed E-state index contributed by atoms with van der Waals surface area (Å²) in [5.41, 5.74) is 7.68. The molecule has 0 bridgehead atoms. The third kappa shape index (κ3) is 3.48.